The molecule has 60 valence electrons. The molecule has 2 nitrogen and oxygen atoms in total. The van der Waals surface area contributed by atoms with E-state index in [0.717, 1.165) is 12.5 Å². The maximum atomic E-state index is 5.62. The van der Waals surface area contributed by atoms with Crippen molar-refractivity contribution in [1.82, 2.24) is 0 Å². The van der Waals surface area contributed by atoms with Gasteiger partial charge in [-0.2, -0.15) is 0 Å². The highest BCUT2D eigenvalue weighted by Crippen LogP contribution is 2.29. The van der Waals surface area contributed by atoms with Crippen LogP contribution in [-0.2, 0) is 8.85 Å². The maximum Gasteiger partial charge on any atom is 0.331 e. The van der Waals surface area contributed by atoms with Crippen molar-refractivity contribution in [3.63, 3.8) is 0 Å². The van der Waals surface area contributed by atoms with Crippen molar-refractivity contribution in [3.05, 3.63) is 0 Å². The van der Waals surface area contributed by atoms with Crippen LogP contribution < -0.4 is 0 Å². The van der Waals surface area contributed by atoms with Gasteiger partial charge >= 0.3 is 8.56 Å². The van der Waals surface area contributed by atoms with Crippen LogP contribution in [0.25, 0.3) is 0 Å². The first-order chi connectivity index (χ1) is 4.64. The molecule has 0 aliphatic heterocycles. The monoisotopic (exact) mass is 160 g/mol. The third-order valence-electron chi connectivity index (χ3n) is 1.86. The van der Waals surface area contributed by atoms with Gasteiger partial charge in [-0.1, -0.05) is 0 Å². The van der Waals surface area contributed by atoms with Crippen molar-refractivity contribution in [2.45, 2.75) is 25.9 Å². The van der Waals surface area contributed by atoms with Gasteiger partial charge in [-0.25, -0.2) is 0 Å². The second-order valence-corrected chi connectivity index (χ2v) is 6.85. The molecule has 0 unspecified atom stereocenters. The first kappa shape index (κ1) is 8.24. The SMILES string of the molecule is CO[Si](C)(C)OCC1CC1. The van der Waals surface area contributed by atoms with E-state index in [2.05, 4.69) is 13.1 Å². The van der Waals surface area contributed by atoms with Crippen molar-refractivity contribution in [1.29, 1.82) is 0 Å². The summed E-state index contributed by atoms with van der Waals surface area (Å²) in [5, 5.41) is 0. The lowest BCUT2D eigenvalue weighted by atomic mass is 10.5. The minimum atomic E-state index is -1.70. The van der Waals surface area contributed by atoms with E-state index in [1.54, 1.807) is 7.11 Å². The molecule has 0 N–H and O–H groups in total. The minimum Gasteiger partial charge on any atom is -0.398 e. The zero-order chi connectivity index (χ0) is 7.61. The highest BCUT2D eigenvalue weighted by molar-refractivity contribution is 6.64. The molecule has 0 aromatic heterocycles. The second kappa shape index (κ2) is 3.03. The Bertz CT molecular complexity index is 110. The first-order valence-corrected chi connectivity index (χ1v) is 6.65. The molecular weight excluding hydrogens is 144 g/mol. The fourth-order valence-corrected chi connectivity index (χ4v) is 1.42. The quantitative estimate of drug-likeness (QED) is 0.583. The molecule has 0 aromatic carbocycles. The summed E-state index contributed by atoms with van der Waals surface area (Å²) >= 11 is 0. The predicted octanol–water partition coefficient (Wildman–Crippen LogP) is 1.76. The third kappa shape index (κ3) is 2.81. The van der Waals surface area contributed by atoms with Gasteiger partial charge in [-0.15, -0.1) is 0 Å². The van der Waals surface area contributed by atoms with E-state index >= 15 is 0 Å². The van der Waals surface area contributed by atoms with Crippen molar-refractivity contribution in [2.75, 3.05) is 13.7 Å². The molecule has 0 aromatic rings. The van der Waals surface area contributed by atoms with Crippen LogP contribution in [0.5, 0.6) is 0 Å². The van der Waals surface area contributed by atoms with Gasteiger partial charge in [0.2, 0.25) is 0 Å². The molecule has 0 radical (unpaired) electrons. The van der Waals surface area contributed by atoms with E-state index < -0.39 is 8.56 Å². The normalized spacial score (nSPS) is 19.5. The Balaban J connectivity index is 2.09. The molecule has 1 saturated carbocycles. The standard InChI is InChI=1S/C7H16O2Si/c1-8-10(2,3)9-6-7-4-5-7/h7H,4-6H2,1-3H3. The molecule has 0 heterocycles. The molecule has 1 rings (SSSR count). The Kier molecular flexibility index (Phi) is 2.49. The fraction of sp³-hybridized carbons (Fsp3) is 1.00. The lowest BCUT2D eigenvalue weighted by molar-refractivity contribution is 0.202. The smallest absolute Gasteiger partial charge is 0.331 e. The molecule has 1 aliphatic carbocycles. The van der Waals surface area contributed by atoms with Gasteiger partial charge in [0.15, 0.2) is 0 Å². The summed E-state index contributed by atoms with van der Waals surface area (Å²) in [6.07, 6.45) is 2.71. The van der Waals surface area contributed by atoms with Crippen molar-refractivity contribution >= 4 is 8.56 Å². The van der Waals surface area contributed by atoms with E-state index in [4.69, 9.17) is 8.85 Å². The lowest BCUT2D eigenvalue weighted by Gasteiger charge is -2.19. The summed E-state index contributed by atoms with van der Waals surface area (Å²) < 4.78 is 10.9. The van der Waals surface area contributed by atoms with Gasteiger partial charge in [0.1, 0.15) is 0 Å². The van der Waals surface area contributed by atoms with Crippen LogP contribution in [0, 0.1) is 5.92 Å². The Morgan fingerprint density at radius 1 is 1.40 bits per heavy atom. The largest absolute Gasteiger partial charge is 0.398 e. The minimum absolute atomic E-state index is 0.849. The Morgan fingerprint density at radius 3 is 2.40 bits per heavy atom. The topological polar surface area (TPSA) is 18.5 Å². The highest BCUT2D eigenvalue weighted by atomic mass is 28.4. The molecule has 0 atom stereocenters. The van der Waals surface area contributed by atoms with Crippen LogP contribution >= 0.6 is 0 Å². The van der Waals surface area contributed by atoms with Gasteiger partial charge in [0.05, 0.1) is 0 Å². The number of hydrogen-bond acceptors (Lipinski definition) is 2. The molecule has 1 fully saturated rings. The summed E-state index contributed by atoms with van der Waals surface area (Å²) in [6.45, 7) is 5.08. The first-order valence-electron chi connectivity index (χ1n) is 3.83. The number of hydrogen-bond donors (Lipinski definition) is 0. The molecule has 0 bridgehead atoms. The Hall–Kier alpha value is 0.137. The van der Waals surface area contributed by atoms with E-state index in [-0.39, 0.29) is 0 Å². The molecule has 3 heteroatoms. The molecule has 0 saturated heterocycles. The third-order valence-corrected chi connectivity index (χ3v) is 3.70. The van der Waals surface area contributed by atoms with Crippen LogP contribution in [0.4, 0.5) is 0 Å². The maximum absolute atomic E-state index is 5.62. The van der Waals surface area contributed by atoms with E-state index in [1.165, 1.54) is 12.8 Å². The van der Waals surface area contributed by atoms with E-state index in [9.17, 15) is 0 Å². The van der Waals surface area contributed by atoms with Crippen LogP contribution in [0.2, 0.25) is 13.1 Å². The summed E-state index contributed by atoms with van der Waals surface area (Å²) in [6, 6.07) is 0. The molecule has 0 spiro atoms. The zero-order valence-electron chi connectivity index (χ0n) is 7.02. The summed E-state index contributed by atoms with van der Waals surface area (Å²) in [5.41, 5.74) is 0. The second-order valence-electron chi connectivity index (χ2n) is 3.36. The molecule has 10 heavy (non-hydrogen) atoms. The summed E-state index contributed by atoms with van der Waals surface area (Å²) in [5.74, 6) is 0.849. The Labute approximate surface area is 63.8 Å². The van der Waals surface area contributed by atoms with Gasteiger partial charge in [0, 0.05) is 13.7 Å². The van der Waals surface area contributed by atoms with Crippen LogP contribution in [0.15, 0.2) is 0 Å². The van der Waals surface area contributed by atoms with Crippen molar-refractivity contribution < 1.29 is 8.85 Å². The molecular formula is C7H16O2Si. The highest BCUT2D eigenvalue weighted by Gasteiger charge is 2.28. The van der Waals surface area contributed by atoms with Crippen LogP contribution in [0.3, 0.4) is 0 Å². The fourth-order valence-electron chi connectivity index (χ4n) is 0.662. The lowest BCUT2D eigenvalue weighted by Crippen LogP contribution is -2.33. The molecule has 0 amide bonds. The summed E-state index contributed by atoms with van der Waals surface area (Å²) in [4.78, 5) is 0. The van der Waals surface area contributed by atoms with E-state index in [0.29, 0.717) is 0 Å². The van der Waals surface area contributed by atoms with Crippen molar-refractivity contribution in [2.24, 2.45) is 5.92 Å². The van der Waals surface area contributed by atoms with Crippen LogP contribution in [0.1, 0.15) is 12.8 Å². The van der Waals surface area contributed by atoms with Gasteiger partial charge in [0.25, 0.3) is 0 Å². The van der Waals surface area contributed by atoms with Crippen molar-refractivity contribution in [3.8, 4) is 0 Å². The van der Waals surface area contributed by atoms with Gasteiger partial charge in [-0.05, 0) is 31.9 Å². The zero-order valence-corrected chi connectivity index (χ0v) is 8.02. The van der Waals surface area contributed by atoms with Crippen LogP contribution in [-0.4, -0.2) is 22.3 Å². The predicted molar refractivity (Wildman–Crippen MR) is 43.2 cm³/mol. The average Bonchev–Trinajstić information content (AvgIpc) is 2.66. The van der Waals surface area contributed by atoms with E-state index in [1.807, 2.05) is 0 Å². The Morgan fingerprint density at radius 2 is 2.00 bits per heavy atom. The number of rotatable bonds is 4. The van der Waals surface area contributed by atoms with Gasteiger partial charge in [-0.3, -0.25) is 0 Å². The molecule has 1 aliphatic rings. The average molecular weight is 160 g/mol. The van der Waals surface area contributed by atoms with Gasteiger partial charge < -0.3 is 8.85 Å². The summed E-state index contributed by atoms with van der Waals surface area (Å²) in [7, 11) is 0.0352.